The first-order valence-corrected chi connectivity index (χ1v) is 11.4. The van der Waals surface area contributed by atoms with Gasteiger partial charge in [-0.25, -0.2) is 19.6 Å². The average molecular weight is 452 g/mol. The van der Waals surface area contributed by atoms with E-state index in [0.29, 0.717) is 19.0 Å². The lowest BCUT2D eigenvalue weighted by Gasteiger charge is -2.10. The highest BCUT2D eigenvalue weighted by atomic mass is 32.1. The minimum absolute atomic E-state index is 0.526. The summed E-state index contributed by atoms with van der Waals surface area (Å²) in [5.74, 6) is 1.55. The number of anilines is 2. The lowest BCUT2D eigenvalue weighted by Crippen LogP contribution is -2.10. The standard InChI is InChI=1S/C22H25N7O2S/c1-14-11-28(13-23-14)19-8-7-17(24-21(19)31-3)18-12-32-22(25-18)26-20-15-5-4-6-16(15)27-29(20)9-10-30-2/h7-8,11-13H,4-6,9-10H2,1-3H3,(H,25,26). The predicted molar refractivity (Wildman–Crippen MR) is 123 cm³/mol. The highest BCUT2D eigenvalue weighted by Gasteiger charge is 2.23. The zero-order valence-corrected chi connectivity index (χ0v) is 19.1. The SMILES string of the molecule is COCCn1nc2c(c1Nc1nc(-c3ccc(-n4cnc(C)c4)c(OC)n3)cs1)CCC2. The van der Waals surface area contributed by atoms with E-state index in [1.165, 1.54) is 11.3 Å². The fourth-order valence-corrected chi connectivity index (χ4v) is 4.65. The van der Waals surface area contributed by atoms with E-state index in [1.54, 1.807) is 31.9 Å². The summed E-state index contributed by atoms with van der Waals surface area (Å²) in [5, 5.41) is 11.1. The van der Waals surface area contributed by atoms with Crippen LogP contribution in [0.2, 0.25) is 0 Å². The fraction of sp³-hybridized carbons (Fsp3) is 0.364. The Morgan fingerprint density at radius 2 is 2.06 bits per heavy atom. The van der Waals surface area contributed by atoms with E-state index >= 15 is 0 Å². The van der Waals surface area contributed by atoms with Crippen LogP contribution >= 0.6 is 11.3 Å². The number of hydrogen-bond donors (Lipinski definition) is 1. The maximum Gasteiger partial charge on any atom is 0.238 e. The second-order valence-electron chi connectivity index (χ2n) is 7.65. The number of aromatic nitrogens is 6. The zero-order valence-electron chi connectivity index (χ0n) is 18.3. The molecule has 0 radical (unpaired) electrons. The highest BCUT2D eigenvalue weighted by Crippen LogP contribution is 2.34. The second kappa shape index (κ2) is 8.71. The molecule has 0 fully saturated rings. The molecule has 0 spiro atoms. The number of ether oxygens (including phenoxy) is 2. The minimum atomic E-state index is 0.526. The van der Waals surface area contributed by atoms with Crippen molar-refractivity contribution in [2.24, 2.45) is 0 Å². The third kappa shape index (κ3) is 3.87. The number of imidazole rings is 1. The number of pyridine rings is 1. The van der Waals surface area contributed by atoms with Gasteiger partial charge in [-0.3, -0.25) is 0 Å². The lowest BCUT2D eigenvalue weighted by molar-refractivity contribution is 0.184. The van der Waals surface area contributed by atoms with Crippen LogP contribution in [0.25, 0.3) is 17.1 Å². The van der Waals surface area contributed by atoms with Crippen molar-refractivity contribution in [3.05, 3.63) is 47.0 Å². The Kier molecular flexibility index (Phi) is 5.62. The Hall–Kier alpha value is -3.24. The van der Waals surface area contributed by atoms with Crippen LogP contribution in [-0.2, 0) is 24.1 Å². The molecule has 0 aromatic carbocycles. The molecule has 4 heterocycles. The second-order valence-corrected chi connectivity index (χ2v) is 8.51. The van der Waals surface area contributed by atoms with E-state index in [2.05, 4.69) is 15.3 Å². The molecule has 0 aliphatic heterocycles. The molecule has 1 aliphatic carbocycles. The third-order valence-corrected chi connectivity index (χ3v) is 6.25. The van der Waals surface area contributed by atoms with Gasteiger partial charge in [-0.05, 0) is 38.3 Å². The lowest BCUT2D eigenvalue weighted by atomic mass is 10.2. The van der Waals surface area contributed by atoms with Crippen LogP contribution in [0.15, 0.2) is 30.0 Å². The van der Waals surface area contributed by atoms with E-state index in [9.17, 15) is 0 Å². The largest absolute Gasteiger partial charge is 0.479 e. The molecule has 0 bridgehead atoms. The minimum Gasteiger partial charge on any atom is -0.479 e. The van der Waals surface area contributed by atoms with E-state index in [1.807, 2.05) is 39.9 Å². The summed E-state index contributed by atoms with van der Waals surface area (Å²) < 4.78 is 14.7. The molecule has 0 saturated heterocycles. The van der Waals surface area contributed by atoms with Crippen LogP contribution in [0.3, 0.4) is 0 Å². The number of nitrogens with zero attached hydrogens (tertiary/aromatic N) is 6. The van der Waals surface area contributed by atoms with Crippen molar-refractivity contribution < 1.29 is 9.47 Å². The van der Waals surface area contributed by atoms with E-state index in [-0.39, 0.29) is 0 Å². The fourth-order valence-electron chi connectivity index (χ4n) is 3.95. The summed E-state index contributed by atoms with van der Waals surface area (Å²) in [4.78, 5) is 13.8. The molecule has 1 aliphatic rings. The number of fused-ring (bicyclic) bond motifs is 1. The quantitative estimate of drug-likeness (QED) is 0.436. The van der Waals surface area contributed by atoms with Gasteiger partial charge in [-0.1, -0.05) is 0 Å². The summed E-state index contributed by atoms with van der Waals surface area (Å²) in [6.45, 7) is 3.27. The van der Waals surface area contributed by atoms with Crippen LogP contribution in [0, 0.1) is 6.92 Å². The van der Waals surface area contributed by atoms with Crippen molar-refractivity contribution in [1.29, 1.82) is 0 Å². The first-order valence-electron chi connectivity index (χ1n) is 10.5. The number of thiazole rings is 1. The van der Waals surface area contributed by atoms with E-state index < -0.39 is 0 Å². The highest BCUT2D eigenvalue weighted by molar-refractivity contribution is 7.14. The van der Waals surface area contributed by atoms with Crippen molar-refractivity contribution in [2.45, 2.75) is 32.7 Å². The monoisotopic (exact) mass is 451 g/mol. The van der Waals surface area contributed by atoms with Gasteiger partial charge in [0.15, 0.2) is 5.13 Å². The van der Waals surface area contributed by atoms with Gasteiger partial charge < -0.3 is 19.4 Å². The molecule has 0 amide bonds. The molecule has 5 rings (SSSR count). The predicted octanol–water partition coefficient (Wildman–Crippen LogP) is 3.78. The van der Waals surface area contributed by atoms with Gasteiger partial charge in [-0.2, -0.15) is 5.10 Å². The number of methoxy groups -OCH3 is 2. The van der Waals surface area contributed by atoms with Gasteiger partial charge in [-0.15, -0.1) is 11.3 Å². The Balaban J connectivity index is 1.41. The molecule has 32 heavy (non-hydrogen) atoms. The average Bonchev–Trinajstić information content (AvgIpc) is 3.58. The number of nitrogens with one attached hydrogen (secondary N) is 1. The number of aryl methyl sites for hydroxylation is 2. The van der Waals surface area contributed by atoms with Crippen LogP contribution in [0.4, 0.5) is 10.9 Å². The van der Waals surface area contributed by atoms with Crippen molar-refractivity contribution in [1.82, 2.24) is 29.3 Å². The van der Waals surface area contributed by atoms with Gasteiger partial charge in [0.2, 0.25) is 5.88 Å². The van der Waals surface area contributed by atoms with Gasteiger partial charge in [0, 0.05) is 24.3 Å². The molecule has 4 aromatic heterocycles. The summed E-state index contributed by atoms with van der Waals surface area (Å²) in [6.07, 6.45) is 6.91. The Morgan fingerprint density at radius 3 is 2.84 bits per heavy atom. The van der Waals surface area contributed by atoms with Crippen molar-refractivity contribution >= 4 is 22.3 Å². The summed E-state index contributed by atoms with van der Waals surface area (Å²) in [7, 11) is 3.33. The summed E-state index contributed by atoms with van der Waals surface area (Å²) in [5.41, 5.74) is 5.79. The normalized spacial score (nSPS) is 12.8. The molecule has 166 valence electrons. The van der Waals surface area contributed by atoms with Gasteiger partial charge in [0.25, 0.3) is 0 Å². The zero-order chi connectivity index (χ0) is 22.1. The summed E-state index contributed by atoms with van der Waals surface area (Å²) >= 11 is 1.55. The molecule has 4 aromatic rings. The smallest absolute Gasteiger partial charge is 0.238 e. The van der Waals surface area contributed by atoms with E-state index in [0.717, 1.165) is 53.0 Å². The molecule has 1 N–H and O–H groups in total. The molecule has 0 atom stereocenters. The Labute approximate surface area is 190 Å². The number of rotatable bonds is 8. The van der Waals surface area contributed by atoms with Gasteiger partial charge >= 0.3 is 0 Å². The topological polar surface area (TPSA) is 91.9 Å². The van der Waals surface area contributed by atoms with Crippen LogP contribution in [0.1, 0.15) is 23.4 Å². The molecular formula is C22H25N7O2S. The van der Waals surface area contributed by atoms with Crippen molar-refractivity contribution in [3.63, 3.8) is 0 Å². The molecule has 0 unspecified atom stereocenters. The summed E-state index contributed by atoms with van der Waals surface area (Å²) in [6, 6.07) is 3.92. The van der Waals surface area contributed by atoms with E-state index in [4.69, 9.17) is 19.6 Å². The molecular weight excluding hydrogens is 426 g/mol. The van der Waals surface area contributed by atoms with Gasteiger partial charge in [0.1, 0.15) is 17.2 Å². The maximum atomic E-state index is 5.54. The van der Waals surface area contributed by atoms with Crippen molar-refractivity contribution in [2.75, 3.05) is 26.1 Å². The molecule has 0 saturated carbocycles. The maximum absolute atomic E-state index is 5.54. The molecule has 9 nitrogen and oxygen atoms in total. The van der Waals surface area contributed by atoms with Crippen molar-refractivity contribution in [3.8, 4) is 23.0 Å². The van der Waals surface area contributed by atoms with Crippen LogP contribution in [-0.4, -0.2) is 50.1 Å². The van der Waals surface area contributed by atoms with Crippen LogP contribution in [0.5, 0.6) is 5.88 Å². The molecule has 10 heteroatoms. The Morgan fingerprint density at radius 1 is 1.16 bits per heavy atom. The van der Waals surface area contributed by atoms with Crippen LogP contribution < -0.4 is 10.1 Å². The third-order valence-electron chi connectivity index (χ3n) is 5.50. The first kappa shape index (κ1) is 20.7. The Bertz CT molecular complexity index is 1240. The first-order chi connectivity index (χ1) is 15.7. The number of hydrogen-bond acceptors (Lipinski definition) is 8. The van der Waals surface area contributed by atoms with Gasteiger partial charge in [0.05, 0.1) is 43.7 Å².